The maximum atomic E-state index is 12.1. The summed E-state index contributed by atoms with van der Waals surface area (Å²) in [5, 5.41) is 3.17. The Morgan fingerprint density at radius 3 is 2.36 bits per heavy atom. The number of rotatable bonds is 10. The molecule has 0 aliphatic rings. The second-order valence-corrected chi connectivity index (χ2v) is 8.58. The molecular weight excluding hydrogens is 362 g/mol. The molecule has 0 spiro atoms. The normalized spacial score (nSPS) is 12.2. The van der Waals surface area contributed by atoms with E-state index in [1.54, 1.807) is 12.1 Å². The van der Waals surface area contributed by atoms with Gasteiger partial charge in [0.1, 0.15) is 0 Å². The van der Waals surface area contributed by atoms with Gasteiger partial charge in [-0.15, -0.1) is 0 Å². The van der Waals surface area contributed by atoms with E-state index in [0.717, 1.165) is 6.54 Å². The second kappa shape index (κ2) is 10.1. The van der Waals surface area contributed by atoms with Gasteiger partial charge in [-0.25, -0.2) is 13.1 Å². The fourth-order valence-electron chi connectivity index (χ4n) is 2.54. The quantitative estimate of drug-likeness (QED) is 0.643. The molecule has 0 unspecified atom stereocenters. The van der Waals surface area contributed by atoms with Crippen molar-refractivity contribution < 1.29 is 13.2 Å². The number of sulfonamides is 1. The Kier molecular flexibility index (Phi) is 8.85. The summed E-state index contributed by atoms with van der Waals surface area (Å²) in [5.41, 5.74) is 0. The van der Waals surface area contributed by atoms with Crippen molar-refractivity contribution >= 4 is 27.5 Å². The van der Waals surface area contributed by atoms with Gasteiger partial charge in [0.2, 0.25) is 15.9 Å². The average Bonchev–Trinajstić information content (AvgIpc) is 2.50. The summed E-state index contributed by atoms with van der Waals surface area (Å²) >= 11 is 5.80. The molecule has 0 fully saturated rings. The number of nitrogens with one attached hydrogen (secondary N) is 2. The topological polar surface area (TPSA) is 78.5 Å². The molecule has 142 valence electrons. The highest BCUT2D eigenvalue weighted by Gasteiger charge is 2.15. The van der Waals surface area contributed by atoms with Gasteiger partial charge in [-0.2, -0.15) is 0 Å². The van der Waals surface area contributed by atoms with Crippen molar-refractivity contribution in [2.75, 3.05) is 19.6 Å². The molecule has 2 N–H and O–H groups in total. The molecule has 0 heterocycles. The van der Waals surface area contributed by atoms with Gasteiger partial charge in [-0.05, 0) is 45.9 Å². The molecule has 6 nitrogen and oxygen atoms in total. The third-order valence-electron chi connectivity index (χ3n) is 3.77. The predicted molar refractivity (Wildman–Crippen MR) is 101 cm³/mol. The lowest BCUT2D eigenvalue weighted by atomic mass is 10.2. The third-order valence-corrected chi connectivity index (χ3v) is 5.46. The molecule has 0 bridgehead atoms. The van der Waals surface area contributed by atoms with E-state index in [2.05, 4.69) is 42.6 Å². The van der Waals surface area contributed by atoms with Crippen molar-refractivity contribution in [3.63, 3.8) is 0 Å². The maximum absolute atomic E-state index is 12.1. The monoisotopic (exact) mass is 389 g/mol. The maximum Gasteiger partial charge on any atom is 0.240 e. The van der Waals surface area contributed by atoms with E-state index in [1.165, 1.54) is 12.1 Å². The molecule has 0 radical (unpaired) electrons. The first-order valence-electron chi connectivity index (χ1n) is 8.41. The lowest BCUT2D eigenvalue weighted by Gasteiger charge is -2.30. The van der Waals surface area contributed by atoms with Crippen LogP contribution in [-0.2, 0) is 14.8 Å². The zero-order valence-electron chi connectivity index (χ0n) is 15.3. The van der Waals surface area contributed by atoms with Crippen LogP contribution in [0.5, 0.6) is 0 Å². The minimum atomic E-state index is -3.66. The summed E-state index contributed by atoms with van der Waals surface area (Å²) in [4.78, 5) is 14.2. The summed E-state index contributed by atoms with van der Waals surface area (Å²) < 4.78 is 26.6. The molecule has 1 aromatic carbocycles. The van der Waals surface area contributed by atoms with E-state index in [4.69, 9.17) is 11.6 Å². The Morgan fingerprint density at radius 1 is 1.16 bits per heavy atom. The van der Waals surface area contributed by atoms with Crippen LogP contribution in [0.2, 0.25) is 5.02 Å². The highest BCUT2D eigenvalue weighted by molar-refractivity contribution is 7.89. The van der Waals surface area contributed by atoms with Crippen LogP contribution in [0.1, 0.15) is 34.1 Å². The first-order chi connectivity index (χ1) is 11.6. The van der Waals surface area contributed by atoms with Crippen molar-refractivity contribution in [2.45, 2.75) is 51.1 Å². The summed E-state index contributed by atoms with van der Waals surface area (Å²) in [6.07, 6.45) is 0.0865. The van der Waals surface area contributed by atoms with Crippen LogP contribution in [0.15, 0.2) is 29.2 Å². The zero-order valence-corrected chi connectivity index (χ0v) is 16.8. The number of hydrogen-bond donors (Lipinski definition) is 2. The smallest absolute Gasteiger partial charge is 0.240 e. The number of amides is 1. The van der Waals surface area contributed by atoms with Crippen LogP contribution in [0.4, 0.5) is 0 Å². The van der Waals surface area contributed by atoms with E-state index < -0.39 is 10.0 Å². The molecule has 1 rings (SSSR count). The summed E-state index contributed by atoms with van der Waals surface area (Å²) in [7, 11) is -3.66. The van der Waals surface area contributed by atoms with Crippen LogP contribution in [0.3, 0.4) is 0 Å². The van der Waals surface area contributed by atoms with Gasteiger partial charge in [-0.1, -0.05) is 17.7 Å². The first-order valence-corrected chi connectivity index (χ1v) is 10.3. The van der Waals surface area contributed by atoms with Gasteiger partial charge >= 0.3 is 0 Å². The van der Waals surface area contributed by atoms with Gasteiger partial charge < -0.3 is 5.32 Å². The van der Waals surface area contributed by atoms with E-state index in [1.807, 2.05) is 0 Å². The number of carbonyl (C=O) groups excluding carboxylic acids is 1. The standard InChI is InChI=1S/C17H28ClN3O3S/c1-13(2)21(14(3)4)11-10-19-17(22)8-9-20-25(23,24)16-7-5-6-15(18)12-16/h5-7,12-14,20H,8-11H2,1-4H3,(H,19,22). The van der Waals surface area contributed by atoms with E-state index in [0.29, 0.717) is 23.7 Å². The van der Waals surface area contributed by atoms with E-state index in [9.17, 15) is 13.2 Å². The van der Waals surface area contributed by atoms with E-state index in [-0.39, 0.29) is 23.8 Å². The highest BCUT2D eigenvalue weighted by Crippen LogP contribution is 2.15. The minimum Gasteiger partial charge on any atom is -0.355 e. The second-order valence-electron chi connectivity index (χ2n) is 6.38. The molecule has 0 aliphatic carbocycles. The predicted octanol–water partition coefficient (Wildman–Crippen LogP) is 2.24. The molecule has 0 saturated carbocycles. The number of nitrogens with zero attached hydrogens (tertiary/aromatic N) is 1. The SMILES string of the molecule is CC(C)N(CCNC(=O)CCNS(=O)(=O)c1cccc(Cl)c1)C(C)C. The lowest BCUT2D eigenvalue weighted by Crippen LogP contribution is -2.42. The van der Waals surface area contributed by atoms with Gasteiger partial charge in [0, 0.05) is 43.2 Å². The van der Waals surface area contributed by atoms with Gasteiger partial charge in [0.25, 0.3) is 0 Å². The summed E-state index contributed by atoms with van der Waals surface area (Å²) in [6, 6.07) is 6.81. The van der Waals surface area contributed by atoms with Crippen molar-refractivity contribution in [1.82, 2.24) is 14.9 Å². The Hall–Kier alpha value is -1.15. The molecule has 0 aromatic heterocycles. The fourth-order valence-corrected chi connectivity index (χ4v) is 3.87. The molecule has 0 saturated heterocycles. The van der Waals surface area contributed by atoms with Crippen LogP contribution < -0.4 is 10.0 Å². The average molecular weight is 390 g/mol. The molecule has 0 atom stereocenters. The van der Waals surface area contributed by atoms with Crippen LogP contribution in [0.25, 0.3) is 0 Å². The fraction of sp³-hybridized carbons (Fsp3) is 0.588. The highest BCUT2D eigenvalue weighted by atomic mass is 35.5. The largest absolute Gasteiger partial charge is 0.355 e. The third kappa shape index (κ3) is 7.73. The van der Waals surface area contributed by atoms with Crippen molar-refractivity contribution in [3.8, 4) is 0 Å². The van der Waals surface area contributed by atoms with Crippen LogP contribution >= 0.6 is 11.6 Å². The lowest BCUT2D eigenvalue weighted by molar-refractivity contribution is -0.121. The molecule has 0 aliphatic heterocycles. The first kappa shape index (κ1) is 21.9. The minimum absolute atomic E-state index is 0.0404. The summed E-state index contributed by atoms with van der Waals surface area (Å²) in [5.74, 6) is -0.179. The van der Waals surface area contributed by atoms with Crippen LogP contribution in [-0.4, -0.2) is 50.9 Å². The molecule has 1 amide bonds. The summed E-state index contributed by atoms with van der Waals surface area (Å²) in [6.45, 7) is 9.81. The Morgan fingerprint density at radius 2 is 1.80 bits per heavy atom. The number of benzene rings is 1. The molecular formula is C17H28ClN3O3S. The van der Waals surface area contributed by atoms with E-state index >= 15 is 0 Å². The van der Waals surface area contributed by atoms with Crippen molar-refractivity contribution in [3.05, 3.63) is 29.3 Å². The van der Waals surface area contributed by atoms with Crippen molar-refractivity contribution in [2.24, 2.45) is 0 Å². The Bertz CT molecular complexity index is 655. The number of halogens is 1. The number of hydrogen-bond acceptors (Lipinski definition) is 4. The van der Waals surface area contributed by atoms with Crippen LogP contribution in [0, 0.1) is 0 Å². The number of carbonyl (C=O) groups is 1. The molecule has 8 heteroatoms. The van der Waals surface area contributed by atoms with Gasteiger partial charge in [0.15, 0.2) is 0 Å². The Balaban J connectivity index is 2.37. The van der Waals surface area contributed by atoms with Gasteiger partial charge in [0.05, 0.1) is 4.90 Å². The zero-order chi connectivity index (χ0) is 19.0. The molecule has 1 aromatic rings. The molecule has 25 heavy (non-hydrogen) atoms. The Labute approximate surface area is 156 Å². The van der Waals surface area contributed by atoms with Gasteiger partial charge in [-0.3, -0.25) is 9.69 Å². The van der Waals surface area contributed by atoms with Crippen molar-refractivity contribution in [1.29, 1.82) is 0 Å².